The van der Waals surface area contributed by atoms with Gasteiger partial charge < -0.3 is 14.2 Å². The first-order valence-electron chi connectivity index (χ1n) is 5.29. The number of aryl methyl sites for hydroxylation is 1. The van der Waals surface area contributed by atoms with Crippen LogP contribution in [0.1, 0.15) is 12.5 Å². The Labute approximate surface area is 103 Å². The molecule has 0 unspecified atom stereocenters. The van der Waals surface area contributed by atoms with Gasteiger partial charge in [-0.3, -0.25) is 0 Å². The van der Waals surface area contributed by atoms with Gasteiger partial charge in [-0.1, -0.05) is 6.07 Å². The SMILES string of the molecule is CCOC(=O)C(F)(F)Oc1ccc(C)cc1OC. The maximum absolute atomic E-state index is 13.4. The van der Waals surface area contributed by atoms with Crippen LogP contribution in [0.25, 0.3) is 0 Å². The van der Waals surface area contributed by atoms with Crippen LogP contribution in [0.4, 0.5) is 8.78 Å². The summed E-state index contributed by atoms with van der Waals surface area (Å²) in [5.41, 5.74) is 0.818. The van der Waals surface area contributed by atoms with Gasteiger partial charge in [-0.05, 0) is 31.5 Å². The van der Waals surface area contributed by atoms with Gasteiger partial charge in [-0.25, -0.2) is 4.79 Å². The molecular formula is C12H14F2O4. The number of rotatable bonds is 5. The van der Waals surface area contributed by atoms with E-state index in [9.17, 15) is 13.6 Å². The Morgan fingerprint density at radius 1 is 1.33 bits per heavy atom. The molecule has 18 heavy (non-hydrogen) atoms. The number of carbonyl (C=O) groups is 1. The molecule has 0 aliphatic carbocycles. The highest BCUT2D eigenvalue weighted by Crippen LogP contribution is 2.32. The van der Waals surface area contributed by atoms with Gasteiger partial charge in [0, 0.05) is 0 Å². The molecule has 1 aromatic carbocycles. The zero-order valence-electron chi connectivity index (χ0n) is 10.3. The highest BCUT2D eigenvalue weighted by Gasteiger charge is 2.44. The quantitative estimate of drug-likeness (QED) is 0.763. The topological polar surface area (TPSA) is 44.8 Å². The van der Waals surface area contributed by atoms with E-state index < -0.39 is 12.1 Å². The average Bonchev–Trinajstić information content (AvgIpc) is 2.31. The van der Waals surface area contributed by atoms with E-state index in [1.807, 2.05) is 0 Å². The third-order valence-corrected chi connectivity index (χ3v) is 2.07. The van der Waals surface area contributed by atoms with Gasteiger partial charge in [0.05, 0.1) is 13.7 Å². The molecule has 0 N–H and O–H groups in total. The molecule has 0 heterocycles. The van der Waals surface area contributed by atoms with Crippen LogP contribution in [0.2, 0.25) is 0 Å². The predicted molar refractivity (Wildman–Crippen MR) is 59.9 cm³/mol. The molecule has 0 saturated carbocycles. The minimum atomic E-state index is -4.04. The van der Waals surface area contributed by atoms with Crippen LogP contribution in [0.15, 0.2) is 18.2 Å². The van der Waals surface area contributed by atoms with Crippen LogP contribution in [-0.2, 0) is 9.53 Å². The summed E-state index contributed by atoms with van der Waals surface area (Å²) in [5.74, 6) is -1.83. The second-order valence-corrected chi connectivity index (χ2v) is 3.49. The van der Waals surface area contributed by atoms with Gasteiger partial charge in [0.2, 0.25) is 0 Å². The third kappa shape index (κ3) is 3.32. The van der Waals surface area contributed by atoms with E-state index >= 15 is 0 Å². The minimum absolute atomic E-state index is 0.124. The van der Waals surface area contributed by atoms with E-state index in [-0.39, 0.29) is 18.1 Å². The zero-order chi connectivity index (χ0) is 13.8. The number of ether oxygens (including phenoxy) is 3. The van der Waals surface area contributed by atoms with Crippen LogP contribution >= 0.6 is 0 Å². The number of hydrogen-bond acceptors (Lipinski definition) is 4. The molecule has 100 valence electrons. The third-order valence-electron chi connectivity index (χ3n) is 2.07. The largest absolute Gasteiger partial charge is 0.502 e. The highest BCUT2D eigenvalue weighted by atomic mass is 19.3. The number of methoxy groups -OCH3 is 1. The number of benzene rings is 1. The second-order valence-electron chi connectivity index (χ2n) is 3.49. The summed E-state index contributed by atoms with van der Waals surface area (Å²) in [4.78, 5) is 11.0. The molecule has 0 spiro atoms. The van der Waals surface area contributed by atoms with Crippen molar-refractivity contribution in [2.75, 3.05) is 13.7 Å². The Balaban J connectivity index is 2.93. The van der Waals surface area contributed by atoms with Gasteiger partial charge >= 0.3 is 12.1 Å². The zero-order valence-corrected chi connectivity index (χ0v) is 10.3. The van der Waals surface area contributed by atoms with Crippen molar-refractivity contribution in [2.24, 2.45) is 0 Å². The summed E-state index contributed by atoms with van der Waals surface area (Å²) in [5, 5.41) is 0. The van der Waals surface area contributed by atoms with Gasteiger partial charge in [0.25, 0.3) is 0 Å². The summed E-state index contributed by atoms with van der Waals surface area (Å²) in [6, 6.07) is 4.40. The van der Waals surface area contributed by atoms with Gasteiger partial charge in [-0.15, -0.1) is 0 Å². The Kier molecular flexibility index (Phi) is 4.47. The smallest absolute Gasteiger partial charge is 0.493 e. The summed E-state index contributed by atoms with van der Waals surface area (Å²) in [7, 11) is 1.32. The predicted octanol–water partition coefficient (Wildman–Crippen LogP) is 2.54. The number of alkyl halides is 2. The van der Waals surface area contributed by atoms with E-state index in [2.05, 4.69) is 9.47 Å². The summed E-state index contributed by atoms with van der Waals surface area (Å²) >= 11 is 0. The maximum Gasteiger partial charge on any atom is 0.502 e. The van der Waals surface area contributed by atoms with Crippen LogP contribution in [-0.4, -0.2) is 25.8 Å². The van der Waals surface area contributed by atoms with Gasteiger partial charge in [0.1, 0.15) is 0 Å². The molecule has 0 atom stereocenters. The Morgan fingerprint density at radius 2 is 2.00 bits per heavy atom. The number of hydrogen-bond donors (Lipinski definition) is 0. The van der Waals surface area contributed by atoms with E-state index in [0.29, 0.717) is 0 Å². The lowest BCUT2D eigenvalue weighted by Gasteiger charge is -2.17. The van der Waals surface area contributed by atoms with Crippen LogP contribution < -0.4 is 9.47 Å². The van der Waals surface area contributed by atoms with Gasteiger partial charge in [-0.2, -0.15) is 8.78 Å². The van der Waals surface area contributed by atoms with Crippen molar-refractivity contribution < 1.29 is 27.8 Å². The van der Waals surface area contributed by atoms with Crippen LogP contribution in [0.5, 0.6) is 11.5 Å². The minimum Gasteiger partial charge on any atom is -0.493 e. The van der Waals surface area contributed by atoms with E-state index in [0.717, 1.165) is 5.56 Å². The lowest BCUT2D eigenvalue weighted by atomic mass is 10.2. The fourth-order valence-corrected chi connectivity index (χ4v) is 1.25. The van der Waals surface area contributed by atoms with Crippen molar-refractivity contribution in [3.8, 4) is 11.5 Å². The van der Waals surface area contributed by atoms with Crippen molar-refractivity contribution in [3.63, 3.8) is 0 Å². The first kappa shape index (κ1) is 14.2. The molecule has 0 radical (unpaired) electrons. The molecule has 0 aliphatic heterocycles. The van der Waals surface area contributed by atoms with E-state index in [1.54, 1.807) is 13.0 Å². The summed E-state index contributed by atoms with van der Waals surface area (Å²) in [6.07, 6.45) is -4.04. The van der Waals surface area contributed by atoms with Gasteiger partial charge in [0.15, 0.2) is 11.5 Å². The Hall–Kier alpha value is -1.85. The van der Waals surface area contributed by atoms with E-state index in [4.69, 9.17) is 4.74 Å². The summed E-state index contributed by atoms with van der Waals surface area (Å²) < 4.78 is 40.2. The first-order chi connectivity index (χ1) is 8.40. The van der Waals surface area contributed by atoms with Crippen molar-refractivity contribution in [1.82, 2.24) is 0 Å². The fraction of sp³-hybridized carbons (Fsp3) is 0.417. The van der Waals surface area contributed by atoms with Crippen molar-refractivity contribution in [3.05, 3.63) is 23.8 Å². The lowest BCUT2D eigenvalue weighted by molar-refractivity contribution is -0.216. The summed E-state index contributed by atoms with van der Waals surface area (Å²) in [6.45, 7) is 3.05. The molecule has 0 aliphatic rings. The average molecular weight is 260 g/mol. The molecular weight excluding hydrogens is 246 g/mol. The molecule has 0 bridgehead atoms. The fourth-order valence-electron chi connectivity index (χ4n) is 1.25. The standard InChI is InChI=1S/C12H14F2O4/c1-4-17-11(15)12(13,14)18-9-6-5-8(2)7-10(9)16-3/h5-7H,4H2,1-3H3. The lowest BCUT2D eigenvalue weighted by Crippen LogP contribution is -2.37. The first-order valence-corrected chi connectivity index (χ1v) is 5.29. The van der Waals surface area contributed by atoms with Crippen molar-refractivity contribution in [2.45, 2.75) is 20.0 Å². The number of esters is 1. The molecule has 0 fully saturated rings. The van der Waals surface area contributed by atoms with Crippen LogP contribution in [0, 0.1) is 6.92 Å². The molecule has 0 aromatic heterocycles. The van der Waals surface area contributed by atoms with Crippen molar-refractivity contribution in [1.29, 1.82) is 0 Å². The number of carbonyl (C=O) groups excluding carboxylic acids is 1. The molecule has 1 aromatic rings. The Morgan fingerprint density at radius 3 is 2.56 bits per heavy atom. The molecule has 1 rings (SSSR count). The maximum atomic E-state index is 13.4. The number of halogens is 2. The second kappa shape index (κ2) is 5.66. The molecule has 6 heteroatoms. The molecule has 0 amide bonds. The monoisotopic (exact) mass is 260 g/mol. The highest BCUT2D eigenvalue weighted by molar-refractivity contribution is 5.76. The normalized spacial score (nSPS) is 10.9. The van der Waals surface area contributed by atoms with E-state index in [1.165, 1.54) is 26.2 Å². The Bertz CT molecular complexity index is 432. The molecule has 4 nitrogen and oxygen atoms in total. The molecule has 0 saturated heterocycles. The van der Waals surface area contributed by atoms with Crippen molar-refractivity contribution >= 4 is 5.97 Å². The van der Waals surface area contributed by atoms with Crippen LogP contribution in [0.3, 0.4) is 0 Å².